The highest BCUT2D eigenvalue weighted by molar-refractivity contribution is 5.92. The summed E-state index contributed by atoms with van der Waals surface area (Å²) < 4.78 is 13.4. The third-order valence-electron chi connectivity index (χ3n) is 3.00. The largest absolute Gasteiger partial charge is 0.326 e. The molecule has 0 radical (unpaired) electrons. The van der Waals surface area contributed by atoms with E-state index in [-0.39, 0.29) is 17.7 Å². The molecule has 0 aliphatic heterocycles. The molecule has 5 nitrogen and oxygen atoms in total. The van der Waals surface area contributed by atoms with Crippen molar-refractivity contribution in [3.8, 4) is 0 Å². The van der Waals surface area contributed by atoms with Gasteiger partial charge >= 0.3 is 0 Å². The van der Waals surface area contributed by atoms with Crippen molar-refractivity contribution in [3.63, 3.8) is 0 Å². The van der Waals surface area contributed by atoms with E-state index in [1.165, 1.54) is 18.2 Å². The van der Waals surface area contributed by atoms with Gasteiger partial charge in [-0.25, -0.2) is 4.39 Å². The second kappa shape index (κ2) is 6.13. The third kappa shape index (κ3) is 3.62. The van der Waals surface area contributed by atoms with Crippen LogP contribution in [0.25, 0.3) is 0 Å². The quantitative estimate of drug-likeness (QED) is 0.693. The minimum Gasteiger partial charge on any atom is -0.326 e. The maximum Gasteiger partial charge on any atom is 0.274 e. The molecular weight excluding hydrogens is 275 g/mol. The van der Waals surface area contributed by atoms with E-state index >= 15 is 0 Å². The van der Waals surface area contributed by atoms with Gasteiger partial charge < -0.3 is 5.32 Å². The number of nitro groups is 1. The zero-order valence-corrected chi connectivity index (χ0v) is 11.3. The number of hydrogen-bond acceptors (Lipinski definition) is 3. The number of benzene rings is 2. The second-order valence-electron chi connectivity index (χ2n) is 4.57. The van der Waals surface area contributed by atoms with Crippen molar-refractivity contribution in [1.82, 2.24) is 0 Å². The SMILES string of the molecule is Cc1ccc(NC(=O)Cc2ccccc2F)cc1[N+](=O)[O-]. The van der Waals surface area contributed by atoms with Crippen LogP contribution in [0.15, 0.2) is 42.5 Å². The molecule has 0 fully saturated rings. The molecule has 6 heteroatoms. The summed E-state index contributed by atoms with van der Waals surface area (Å²) in [6.45, 7) is 1.61. The number of nitrogens with zero attached hydrogens (tertiary/aromatic N) is 1. The van der Waals surface area contributed by atoms with E-state index < -0.39 is 16.6 Å². The number of hydrogen-bond donors (Lipinski definition) is 1. The Kier molecular flexibility index (Phi) is 4.27. The molecule has 0 aliphatic rings. The maximum atomic E-state index is 13.4. The van der Waals surface area contributed by atoms with Crippen LogP contribution in [-0.4, -0.2) is 10.8 Å². The molecule has 2 aromatic carbocycles. The fourth-order valence-electron chi connectivity index (χ4n) is 1.90. The second-order valence-corrected chi connectivity index (χ2v) is 4.57. The van der Waals surface area contributed by atoms with Crippen LogP contribution in [0.3, 0.4) is 0 Å². The Labute approximate surface area is 120 Å². The van der Waals surface area contributed by atoms with E-state index in [1.54, 1.807) is 31.2 Å². The number of anilines is 1. The Morgan fingerprint density at radius 2 is 2.00 bits per heavy atom. The zero-order valence-electron chi connectivity index (χ0n) is 11.3. The number of aryl methyl sites for hydroxylation is 1. The Bertz CT molecular complexity index is 701. The van der Waals surface area contributed by atoms with E-state index in [1.807, 2.05) is 0 Å². The van der Waals surface area contributed by atoms with Gasteiger partial charge in [0.05, 0.1) is 11.3 Å². The fraction of sp³-hybridized carbons (Fsp3) is 0.133. The first-order chi connectivity index (χ1) is 9.97. The molecule has 21 heavy (non-hydrogen) atoms. The van der Waals surface area contributed by atoms with Gasteiger partial charge in [-0.3, -0.25) is 14.9 Å². The molecule has 108 valence electrons. The van der Waals surface area contributed by atoms with Crippen LogP contribution >= 0.6 is 0 Å². The smallest absolute Gasteiger partial charge is 0.274 e. The number of rotatable bonds is 4. The van der Waals surface area contributed by atoms with Crippen LogP contribution in [0.4, 0.5) is 15.8 Å². The van der Waals surface area contributed by atoms with Crippen LogP contribution in [0.5, 0.6) is 0 Å². The standard InChI is InChI=1S/C15H13FN2O3/c1-10-6-7-12(9-14(10)18(20)21)17-15(19)8-11-4-2-3-5-13(11)16/h2-7,9H,8H2,1H3,(H,17,19). The molecule has 2 aromatic rings. The lowest BCUT2D eigenvalue weighted by atomic mass is 10.1. The molecule has 0 heterocycles. The highest BCUT2D eigenvalue weighted by Gasteiger charge is 2.13. The molecule has 2 rings (SSSR count). The number of carbonyl (C=O) groups excluding carboxylic acids is 1. The summed E-state index contributed by atoms with van der Waals surface area (Å²) in [7, 11) is 0. The summed E-state index contributed by atoms with van der Waals surface area (Å²) in [4.78, 5) is 22.2. The lowest BCUT2D eigenvalue weighted by molar-refractivity contribution is -0.385. The first-order valence-electron chi connectivity index (χ1n) is 6.25. The van der Waals surface area contributed by atoms with Crippen LogP contribution < -0.4 is 5.32 Å². The fourth-order valence-corrected chi connectivity index (χ4v) is 1.90. The van der Waals surface area contributed by atoms with Gasteiger partial charge in [0.1, 0.15) is 5.82 Å². The molecule has 0 bridgehead atoms. The number of nitro benzene ring substituents is 1. The average Bonchev–Trinajstić information content (AvgIpc) is 2.43. The number of halogens is 1. The Balaban J connectivity index is 2.12. The van der Waals surface area contributed by atoms with Gasteiger partial charge in [-0.1, -0.05) is 24.3 Å². The number of amides is 1. The number of nitrogens with one attached hydrogen (secondary N) is 1. The molecule has 0 saturated carbocycles. The molecule has 0 spiro atoms. The monoisotopic (exact) mass is 288 g/mol. The molecule has 0 aromatic heterocycles. The Morgan fingerprint density at radius 3 is 2.67 bits per heavy atom. The molecule has 1 amide bonds. The summed E-state index contributed by atoms with van der Waals surface area (Å²) in [6, 6.07) is 10.4. The van der Waals surface area contributed by atoms with E-state index in [2.05, 4.69) is 5.32 Å². The summed E-state index contributed by atoms with van der Waals surface area (Å²) in [6.07, 6.45) is -0.131. The molecule has 1 N–H and O–H groups in total. The minimum absolute atomic E-state index is 0.0707. The lowest BCUT2D eigenvalue weighted by Gasteiger charge is -2.07. The molecule has 0 saturated heterocycles. The Hall–Kier alpha value is -2.76. The van der Waals surface area contributed by atoms with Gasteiger partial charge in [-0.2, -0.15) is 0 Å². The van der Waals surface area contributed by atoms with Gasteiger partial charge in [0.2, 0.25) is 5.91 Å². The van der Waals surface area contributed by atoms with Crippen molar-refractivity contribution in [3.05, 3.63) is 69.5 Å². The van der Waals surface area contributed by atoms with Gasteiger partial charge in [0.15, 0.2) is 0 Å². The summed E-state index contributed by atoms with van der Waals surface area (Å²) >= 11 is 0. The third-order valence-corrected chi connectivity index (χ3v) is 3.00. The van der Waals surface area contributed by atoms with Gasteiger partial charge in [0.25, 0.3) is 5.69 Å². The van der Waals surface area contributed by atoms with E-state index in [0.717, 1.165) is 0 Å². The van der Waals surface area contributed by atoms with Crippen LogP contribution in [-0.2, 0) is 11.2 Å². The first-order valence-corrected chi connectivity index (χ1v) is 6.25. The van der Waals surface area contributed by atoms with Crippen molar-refractivity contribution in [2.45, 2.75) is 13.3 Å². The topological polar surface area (TPSA) is 72.2 Å². The van der Waals surface area contributed by atoms with Crippen molar-refractivity contribution in [2.24, 2.45) is 0 Å². The highest BCUT2D eigenvalue weighted by Crippen LogP contribution is 2.22. The molecule has 0 aliphatic carbocycles. The van der Waals surface area contributed by atoms with E-state index in [9.17, 15) is 19.3 Å². The highest BCUT2D eigenvalue weighted by atomic mass is 19.1. The summed E-state index contributed by atoms with van der Waals surface area (Å²) in [5.74, 6) is -0.888. The van der Waals surface area contributed by atoms with Gasteiger partial charge in [-0.05, 0) is 24.6 Å². The van der Waals surface area contributed by atoms with E-state index in [0.29, 0.717) is 11.3 Å². The van der Waals surface area contributed by atoms with Crippen LogP contribution in [0.1, 0.15) is 11.1 Å². The lowest BCUT2D eigenvalue weighted by Crippen LogP contribution is -2.15. The zero-order chi connectivity index (χ0) is 15.4. The average molecular weight is 288 g/mol. The number of carbonyl (C=O) groups is 1. The first kappa shape index (κ1) is 14.6. The van der Waals surface area contributed by atoms with Crippen molar-refractivity contribution < 1.29 is 14.1 Å². The predicted molar refractivity (Wildman–Crippen MR) is 76.6 cm³/mol. The van der Waals surface area contributed by atoms with Gasteiger partial charge in [0, 0.05) is 17.3 Å². The van der Waals surface area contributed by atoms with Crippen molar-refractivity contribution in [2.75, 3.05) is 5.32 Å². The van der Waals surface area contributed by atoms with Crippen molar-refractivity contribution in [1.29, 1.82) is 0 Å². The van der Waals surface area contributed by atoms with Crippen LogP contribution in [0.2, 0.25) is 0 Å². The van der Waals surface area contributed by atoms with Gasteiger partial charge in [-0.15, -0.1) is 0 Å². The maximum absolute atomic E-state index is 13.4. The minimum atomic E-state index is -0.512. The van der Waals surface area contributed by atoms with E-state index in [4.69, 9.17) is 0 Å². The molecule has 0 unspecified atom stereocenters. The Morgan fingerprint density at radius 1 is 1.29 bits per heavy atom. The molecular formula is C15H13FN2O3. The molecule has 0 atom stereocenters. The summed E-state index contributed by atoms with van der Waals surface area (Å²) in [5, 5.41) is 13.4. The summed E-state index contributed by atoms with van der Waals surface area (Å²) in [5.41, 5.74) is 1.02. The van der Waals surface area contributed by atoms with Crippen LogP contribution in [0, 0.1) is 22.9 Å². The normalized spacial score (nSPS) is 10.2. The predicted octanol–water partition coefficient (Wildman–Crippen LogP) is 3.22. The van der Waals surface area contributed by atoms with Crippen molar-refractivity contribution >= 4 is 17.3 Å².